The average Bonchev–Trinajstić information content (AvgIpc) is 1.96. The Morgan fingerprint density at radius 3 is 2.38 bits per heavy atom. The molecule has 0 bridgehead atoms. The lowest BCUT2D eigenvalue weighted by Crippen LogP contribution is -2.31. The molecule has 0 amide bonds. The summed E-state index contributed by atoms with van der Waals surface area (Å²) in [5.41, 5.74) is -0.690. The maximum absolute atomic E-state index is 12.6. The van der Waals surface area contributed by atoms with Gasteiger partial charge in [-0.2, -0.15) is 13.9 Å². The number of carboxylic acids is 1. The summed E-state index contributed by atoms with van der Waals surface area (Å²) in [6.07, 6.45) is 0. The molecule has 0 fully saturated rings. The third-order valence-electron chi connectivity index (χ3n) is 1.27. The average molecular weight is 192 g/mol. The van der Waals surface area contributed by atoms with Crippen LogP contribution >= 0.6 is 0 Å². The Balaban J connectivity index is 4.51. The quantitative estimate of drug-likeness (QED) is 0.525. The zero-order valence-corrected chi connectivity index (χ0v) is 7.13. The smallest absolute Gasteiger partial charge is 0.325 e. The number of hydrogen-bond donors (Lipinski definition) is 1. The van der Waals surface area contributed by atoms with Crippen LogP contribution in [0, 0.1) is 0 Å². The normalized spacial score (nSPS) is 10.7. The number of alkyl halides is 2. The topological polar surface area (TPSA) is 52.9 Å². The zero-order chi connectivity index (χ0) is 10.6. The zero-order valence-electron chi connectivity index (χ0n) is 7.13. The first-order valence-electron chi connectivity index (χ1n) is 3.32. The van der Waals surface area contributed by atoms with E-state index in [0.717, 1.165) is 0 Å². The van der Waals surface area contributed by atoms with Gasteiger partial charge in [-0.1, -0.05) is 6.58 Å². The lowest BCUT2D eigenvalue weighted by atomic mass is 10.3. The van der Waals surface area contributed by atoms with Crippen molar-refractivity contribution in [2.45, 2.75) is 12.8 Å². The van der Waals surface area contributed by atoms with Crippen LogP contribution < -0.4 is 0 Å². The molecule has 0 unspecified atom stereocenters. The van der Waals surface area contributed by atoms with Crippen LogP contribution in [0.4, 0.5) is 8.78 Å². The Morgan fingerprint density at radius 1 is 1.69 bits per heavy atom. The molecule has 0 aliphatic heterocycles. The van der Waals surface area contributed by atoms with Gasteiger partial charge in [-0.05, 0) is 0 Å². The number of rotatable bonds is 5. The van der Waals surface area contributed by atoms with E-state index in [1.807, 2.05) is 0 Å². The summed E-state index contributed by atoms with van der Waals surface area (Å²) in [6.45, 7) is 5.93. The number of carbonyl (C=O) groups is 1. The van der Waals surface area contributed by atoms with Crippen LogP contribution in [0.25, 0.3) is 0 Å². The lowest BCUT2D eigenvalue weighted by molar-refractivity contribution is -0.138. The molecule has 0 radical (unpaired) electrons. The van der Waals surface area contributed by atoms with Crippen LogP contribution in [0.3, 0.4) is 0 Å². The van der Waals surface area contributed by atoms with Gasteiger partial charge >= 0.3 is 5.97 Å². The van der Waals surface area contributed by atoms with Crippen molar-refractivity contribution >= 4 is 12.7 Å². The van der Waals surface area contributed by atoms with Gasteiger partial charge in [0.1, 0.15) is 6.54 Å². The van der Waals surface area contributed by atoms with Crippen LogP contribution in [-0.4, -0.2) is 35.3 Å². The van der Waals surface area contributed by atoms with Crippen molar-refractivity contribution < 1.29 is 18.7 Å². The first kappa shape index (κ1) is 11.5. The number of aliphatic carboxylic acids is 1. The Kier molecular flexibility index (Phi) is 3.53. The fourth-order valence-corrected chi connectivity index (χ4v) is 0.586. The Labute approximate surface area is 74.2 Å². The molecule has 0 aliphatic carbocycles. The summed E-state index contributed by atoms with van der Waals surface area (Å²) in [5, 5.41) is 12.0. The SMILES string of the molecule is C=NN(CC(=O)O)C(=C)C(C)(F)F. The standard InChI is InChI=1S/C7H10F2N2O2/c1-5(7(2,8)9)11(10-3)4-6(12)13/h1,3-4H2,2H3,(H,12,13). The Hall–Kier alpha value is -1.46. The van der Waals surface area contributed by atoms with E-state index < -0.39 is 24.1 Å². The second-order valence-corrected chi connectivity index (χ2v) is 2.43. The highest BCUT2D eigenvalue weighted by atomic mass is 19.3. The Bertz CT molecular complexity index is 235. The van der Waals surface area contributed by atoms with Gasteiger partial charge in [-0.25, -0.2) is 0 Å². The highest BCUT2D eigenvalue weighted by Crippen LogP contribution is 2.24. The molecule has 0 aromatic carbocycles. The largest absolute Gasteiger partial charge is 0.480 e. The summed E-state index contributed by atoms with van der Waals surface area (Å²) in [5.74, 6) is -4.48. The fraction of sp³-hybridized carbons (Fsp3) is 0.429. The van der Waals surface area contributed by atoms with Gasteiger partial charge < -0.3 is 5.11 Å². The maximum Gasteiger partial charge on any atom is 0.325 e. The van der Waals surface area contributed by atoms with Crippen LogP contribution in [0.2, 0.25) is 0 Å². The van der Waals surface area contributed by atoms with Gasteiger partial charge in [0.05, 0.1) is 5.70 Å². The molecule has 0 saturated heterocycles. The van der Waals surface area contributed by atoms with E-state index in [0.29, 0.717) is 11.9 Å². The van der Waals surface area contributed by atoms with Crippen molar-refractivity contribution in [2.75, 3.05) is 6.54 Å². The van der Waals surface area contributed by atoms with Crippen LogP contribution in [-0.2, 0) is 4.79 Å². The molecule has 6 heteroatoms. The molecule has 0 aromatic heterocycles. The molecule has 0 aromatic rings. The first-order valence-corrected chi connectivity index (χ1v) is 3.32. The molecule has 0 heterocycles. The minimum absolute atomic E-state index is 0.544. The summed E-state index contributed by atoms with van der Waals surface area (Å²) in [4.78, 5) is 10.2. The van der Waals surface area contributed by atoms with Gasteiger partial charge in [-0.15, -0.1) is 0 Å². The number of allylic oxidation sites excluding steroid dienone is 1. The number of nitrogens with zero attached hydrogens (tertiary/aromatic N) is 2. The highest BCUT2D eigenvalue weighted by molar-refractivity contribution is 5.69. The maximum atomic E-state index is 12.6. The first-order chi connectivity index (χ1) is 5.79. The van der Waals surface area contributed by atoms with Crippen molar-refractivity contribution in [3.05, 3.63) is 12.3 Å². The molecule has 74 valence electrons. The molecule has 4 nitrogen and oxygen atoms in total. The summed E-state index contributed by atoms with van der Waals surface area (Å²) in [6, 6.07) is 0. The lowest BCUT2D eigenvalue weighted by Gasteiger charge is -2.22. The minimum Gasteiger partial charge on any atom is -0.480 e. The molecular formula is C7H10F2N2O2. The second-order valence-electron chi connectivity index (χ2n) is 2.43. The fourth-order valence-electron chi connectivity index (χ4n) is 0.586. The van der Waals surface area contributed by atoms with Crippen LogP contribution in [0.1, 0.15) is 6.92 Å². The number of halogens is 2. The van der Waals surface area contributed by atoms with Crippen molar-refractivity contribution in [3.8, 4) is 0 Å². The van der Waals surface area contributed by atoms with Gasteiger partial charge in [0.25, 0.3) is 5.92 Å². The third kappa shape index (κ3) is 3.64. The molecule has 0 atom stereocenters. The van der Waals surface area contributed by atoms with Crippen molar-refractivity contribution in [1.82, 2.24) is 5.01 Å². The molecule has 0 saturated carbocycles. The number of hydrazone groups is 1. The molecule has 13 heavy (non-hydrogen) atoms. The molecule has 1 N–H and O–H groups in total. The minimum atomic E-state index is -3.20. The van der Waals surface area contributed by atoms with Gasteiger partial charge in [0.2, 0.25) is 0 Å². The Morgan fingerprint density at radius 2 is 2.15 bits per heavy atom. The third-order valence-corrected chi connectivity index (χ3v) is 1.27. The van der Waals surface area contributed by atoms with E-state index in [-0.39, 0.29) is 0 Å². The van der Waals surface area contributed by atoms with E-state index in [4.69, 9.17) is 5.11 Å². The summed E-state index contributed by atoms with van der Waals surface area (Å²) < 4.78 is 25.2. The van der Waals surface area contributed by atoms with E-state index in [1.165, 1.54) is 0 Å². The van der Waals surface area contributed by atoms with E-state index >= 15 is 0 Å². The van der Waals surface area contributed by atoms with Crippen molar-refractivity contribution in [1.29, 1.82) is 0 Å². The highest BCUT2D eigenvalue weighted by Gasteiger charge is 2.30. The summed E-state index contributed by atoms with van der Waals surface area (Å²) >= 11 is 0. The predicted octanol–water partition coefficient (Wildman–Crippen LogP) is 1.16. The number of carboxylic acid groups (broad SMARTS) is 1. The molecular weight excluding hydrogens is 182 g/mol. The second kappa shape index (κ2) is 3.97. The summed E-state index contributed by atoms with van der Waals surface area (Å²) in [7, 11) is 0. The van der Waals surface area contributed by atoms with Crippen molar-refractivity contribution in [3.63, 3.8) is 0 Å². The van der Waals surface area contributed by atoms with E-state index in [2.05, 4.69) is 18.4 Å². The van der Waals surface area contributed by atoms with Gasteiger partial charge in [0, 0.05) is 13.6 Å². The predicted molar refractivity (Wildman–Crippen MR) is 43.7 cm³/mol. The molecule has 0 rings (SSSR count). The molecule has 0 spiro atoms. The van der Waals surface area contributed by atoms with E-state index in [1.54, 1.807) is 0 Å². The van der Waals surface area contributed by atoms with E-state index in [9.17, 15) is 13.6 Å². The van der Waals surface area contributed by atoms with Crippen LogP contribution in [0.15, 0.2) is 17.4 Å². The monoisotopic (exact) mass is 192 g/mol. The number of hydrogen-bond acceptors (Lipinski definition) is 3. The van der Waals surface area contributed by atoms with Crippen LogP contribution in [0.5, 0.6) is 0 Å². The van der Waals surface area contributed by atoms with Gasteiger partial charge in [-0.3, -0.25) is 9.80 Å². The van der Waals surface area contributed by atoms with Gasteiger partial charge in [0.15, 0.2) is 0 Å². The molecule has 0 aliphatic rings. The van der Waals surface area contributed by atoms with Crippen molar-refractivity contribution in [2.24, 2.45) is 5.10 Å².